The van der Waals surface area contributed by atoms with Crippen LogP contribution in [0.15, 0.2) is 36.7 Å². The van der Waals surface area contributed by atoms with Gasteiger partial charge in [0.25, 0.3) is 5.91 Å². The van der Waals surface area contributed by atoms with Gasteiger partial charge in [0.05, 0.1) is 37.8 Å². The third kappa shape index (κ3) is 4.02. The van der Waals surface area contributed by atoms with Gasteiger partial charge in [0.1, 0.15) is 17.2 Å². The number of ether oxygens (including phenoxy) is 3. The van der Waals surface area contributed by atoms with E-state index in [2.05, 4.69) is 15.5 Å². The van der Waals surface area contributed by atoms with E-state index in [9.17, 15) is 4.79 Å². The van der Waals surface area contributed by atoms with Gasteiger partial charge in [-0.25, -0.2) is 0 Å². The molecule has 9 nitrogen and oxygen atoms in total. The Morgan fingerprint density at radius 3 is 2.73 bits per heavy atom. The van der Waals surface area contributed by atoms with Gasteiger partial charge < -0.3 is 19.5 Å². The summed E-state index contributed by atoms with van der Waals surface area (Å²) in [4.78, 5) is 12.9. The first kappa shape index (κ1) is 20.0. The zero-order valence-corrected chi connectivity index (χ0v) is 17.3. The maximum absolute atomic E-state index is 12.9. The molecule has 0 saturated carbocycles. The molecule has 30 heavy (non-hydrogen) atoms. The molecular weight excluding hydrogens is 386 g/mol. The molecule has 3 heterocycles. The number of amides is 1. The van der Waals surface area contributed by atoms with Crippen molar-refractivity contribution in [3.05, 3.63) is 42.4 Å². The summed E-state index contributed by atoms with van der Waals surface area (Å²) >= 11 is 0. The van der Waals surface area contributed by atoms with Gasteiger partial charge >= 0.3 is 0 Å². The number of carbonyl (C=O) groups is 1. The van der Waals surface area contributed by atoms with Crippen LogP contribution < -0.4 is 14.8 Å². The van der Waals surface area contributed by atoms with E-state index in [4.69, 9.17) is 14.2 Å². The summed E-state index contributed by atoms with van der Waals surface area (Å²) in [5.74, 6) is 1.08. The SMILES string of the molecule is COc1ccc(OC)c(-c2cc(C(=O)Nc3cnn(C4CCOCC4)c3)n(C)n2)c1. The van der Waals surface area contributed by atoms with Crippen LogP contribution in [0.1, 0.15) is 29.4 Å². The number of nitrogens with zero attached hydrogens (tertiary/aromatic N) is 4. The van der Waals surface area contributed by atoms with Crippen molar-refractivity contribution in [2.75, 3.05) is 32.8 Å². The Morgan fingerprint density at radius 1 is 1.20 bits per heavy atom. The number of nitrogens with one attached hydrogen (secondary N) is 1. The average Bonchev–Trinajstić information content (AvgIpc) is 3.40. The van der Waals surface area contributed by atoms with E-state index in [1.165, 1.54) is 0 Å². The van der Waals surface area contributed by atoms with Crippen LogP contribution in [0.5, 0.6) is 11.5 Å². The van der Waals surface area contributed by atoms with Crippen molar-refractivity contribution in [1.29, 1.82) is 0 Å². The lowest BCUT2D eigenvalue weighted by Crippen LogP contribution is -2.20. The van der Waals surface area contributed by atoms with Crippen molar-refractivity contribution in [1.82, 2.24) is 19.6 Å². The van der Waals surface area contributed by atoms with E-state index >= 15 is 0 Å². The van der Waals surface area contributed by atoms with Gasteiger partial charge in [-0.1, -0.05) is 0 Å². The van der Waals surface area contributed by atoms with Crippen LogP contribution >= 0.6 is 0 Å². The van der Waals surface area contributed by atoms with E-state index in [-0.39, 0.29) is 5.91 Å². The van der Waals surface area contributed by atoms with Crippen LogP contribution in [0.3, 0.4) is 0 Å². The second kappa shape index (κ2) is 8.58. The molecule has 0 atom stereocenters. The summed E-state index contributed by atoms with van der Waals surface area (Å²) in [6.45, 7) is 1.47. The Morgan fingerprint density at radius 2 is 2.00 bits per heavy atom. The average molecular weight is 411 g/mol. The van der Waals surface area contributed by atoms with Crippen molar-refractivity contribution < 1.29 is 19.0 Å². The molecule has 0 bridgehead atoms. The quantitative estimate of drug-likeness (QED) is 0.671. The molecule has 1 amide bonds. The molecule has 1 saturated heterocycles. The van der Waals surface area contributed by atoms with E-state index in [0.717, 1.165) is 31.6 Å². The molecule has 1 fully saturated rings. The lowest BCUT2D eigenvalue weighted by molar-refractivity contribution is 0.0662. The van der Waals surface area contributed by atoms with Crippen LogP contribution in [-0.2, 0) is 11.8 Å². The van der Waals surface area contributed by atoms with E-state index < -0.39 is 0 Å². The maximum atomic E-state index is 12.9. The highest BCUT2D eigenvalue weighted by molar-refractivity contribution is 6.03. The summed E-state index contributed by atoms with van der Waals surface area (Å²) < 4.78 is 19.6. The molecule has 0 spiro atoms. The number of hydrogen-bond donors (Lipinski definition) is 1. The molecule has 1 aliphatic heterocycles. The summed E-state index contributed by atoms with van der Waals surface area (Å²) in [5.41, 5.74) is 2.44. The van der Waals surface area contributed by atoms with Gasteiger partial charge in [0.2, 0.25) is 0 Å². The molecule has 3 aromatic rings. The third-order valence-electron chi connectivity index (χ3n) is 5.22. The second-order valence-electron chi connectivity index (χ2n) is 7.11. The largest absolute Gasteiger partial charge is 0.497 e. The van der Waals surface area contributed by atoms with Crippen LogP contribution in [0.25, 0.3) is 11.3 Å². The van der Waals surface area contributed by atoms with Gasteiger partial charge in [-0.05, 0) is 37.1 Å². The summed E-state index contributed by atoms with van der Waals surface area (Å²) in [6.07, 6.45) is 5.36. The minimum atomic E-state index is -0.260. The van der Waals surface area contributed by atoms with Crippen LogP contribution in [0.2, 0.25) is 0 Å². The molecule has 4 rings (SSSR count). The van der Waals surface area contributed by atoms with Crippen LogP contribution in [0.4, 0.5) is 5.69 Å². The van der Waals surface area contributed by atoms with E-state index in [1.807, 2.05) is 29.1 Å². The van der Waals surface area contributed by atoms with Crippen molar-refractivity contribution in [2.45, 2.75) is 18.9 Å². The third-order valence-corrected chi connectivity index (χ3v) is 5.22. The molecule has 9 heteroatoms. The predicted molar refractivity (Wildman–Crippen MR) is 111 cm³/mol. The highest BCUT2D eigenvalue weighted by Gasteiger charge is 2.20. The number of hydrogen-bond acceptors (Lipinski definition) is 6. The normalized spacial score (nSPS) is 14.5. The maximum Gasteiger partial charge on any atom is 0.274 e. The van der Waals surface area contributed by atoms with Gasteiger partial charge in [-0.15, -0.1) is 0 Å². The molecule has 1 N–H and O–H groups in total. The summed E-state index contributed by atoms with van der Waals surface area (Å²) in [5, 5.41) is 11.8. The Labute approximate surface area is 174 Å². The Kier molecular flexibility index (Phi) is 5.71. The van der Waals surface area contributed by atoms with Gasteiger partial charge in [-0.2, -0.15) is 10.2 Å². The number of rotatable bonds is 6. The fraction of sp³-hybridized carbons (Fsp3) is 0.381. The predicted octanol–water partition coefficient (Wildman–Crippen LogP) is 2.90. The van der Waals surface area contributed by atoms with Crippen molar-refractivity contribution in [3.63, 3.8) is 0 Å². The highest BCUT2D eigenvalue weighted by Crippen LogP contribution is 2.33. The first-order chi connectivity index (χ1) is 14.6. The van der Waals surface area contributed by atoms with Crippen molar-refractivity contribution in [2.24, 2.45) is 7.05 Å². The van der Waals surface area contributed by atoms with Gasteiger partial charge in [0, 0.05) is 32.0 Å². The Bertz CT molecular complexity index is 1040. The lowest BCUT2D eigenvalue weighted by Gasteiger charge is -2.22. The number of methoxy groups -OCH3 is 2. The number of carbonyl (C=O) groups excluding carboxylic acids is 1. The minimum absolute atomic E-state index is 0.260. The topological polar surface area (TPSA) is 92.4 Å². The molecule has 1 aliphatic rings. The minimum Gasteiger partial charge on any atom is -0.497 e. The first-order valence-corrected chi connectivity index (χ1v) is 9.78. The molecule has 0 unspecified atom stereocenters. The first-order valence-electron chi connectivity index (χ1n) is 9.78. The van der Waals surface area contributed by atoms with Crippen molar-refractivity contribution in [3.8, 4) is 22.8 Å². The lowest BCUT2D eigenvalue weighted by atomic mass is 10.1. The number of anilines is 1. The highest BCUT2D eigenvalue weighted by atomic mass is 16.5. The number of aromatic nitrogens is 4. The zero-order chi connectivity index (χ0) is 21.1. The number of aryl methyl sites for hydroxylation is 1. The fourth-order valence-electron chi connectivity index (χ4n) is 3.57. The molecule has 158 valence electrons. The van der Waals surface area contributed by atoms with Crippen molar-refractivity contribution >= 4 is 11.6 Å². The fourth-order valence-corrected chi connectivity index (χ4v) is 3.57. The monoisotopic (exact) mass is 411 g/mol. The molecule has 2 aromatic heterocycles. The number of benzene rings is 1. The smallest absolute Gasteiger partial charge is 0.274 e. The van der Waals surface area contributed by atoms with Gasteiger partial charge in [-0.3, -0.25) is 14.2 Å². The molecule has 0 aliphatic carbocycles. The zero-order valence-electron chi connectivity index (χ0n) is 17.3. The molecular formula is C21H25N5O4. The molecule has 0 radical (unpaired) electrons. The standard InChI is InChI=1S/C21H25N5O4/c1-25-19(11-18(24-25)17-10-16(28-2)4-5-20(17)29-3)21(27)23-14-12-22-26(13-14)15-6-8-30-9-7-15/h4-5,10-13,15H,6-9H2,1-3H3,(H,23,27). The summed E-state index contributed by atoms with van der Waals surface area (Å²) in [7, 11) is 4.93. The van der Waals surface area contributed by atoms with Crippen LogP contribution in [-0.4, -0.2) is 52.9 Å². The summed E-state index contributed by atoms with van der Waals surface area (Å²) in [6, 6.07) is 7.49. The molecule has 1 aromatic carbocycles. The van der Waals surface area contributed by atoms with E-state index in [1.54, 1.807) is 38.2 Å². The van der Waals surface area contributed by atoms with Gasteiger partial charge in [0.15, 0.2) is 0 Å². The van der Waals surface area contributed by atoms with Crippen LogP contribution in [0, 0.1) is 0 Å². The Hall–Kier alpha value is -3.33. The van der Waals surface area contributed by atoms with E-state index in [0.29, 0.717) is 34.6 Å². The second-order valence-corrected chi connectivity index (χ2v) is 7.11. The Balaban J connectivity index is 1.54.